The number of anilines is 2. The Hall–Kier alpha value is -2.90. The quantitative estimate of drug-likeness (QED) is 0.534. The number of carbonyl (C=O) groups is 1. The summed E-state index contributed by atoms with van der Waals surface area (Å²) in [6, 6.07) is 11.9. The summed E-state index contributed by atoms with van der Waals surface area (Å²) in [7, 11) is 0. The number of amides is 1. The Morgan fingerprint density at radius 2 is 2.03 bits per heavy atom. The fraction of sp³-hybridized carbons (Fsp3) is 0.350. The van der Waals surface area contributed by atoms with Gasteiger partial charge in [-0.15, -0.1) is 10.2 Å². The molecule has 4 rings (SSSR count). The van der Waals surface area contributed by atoms with Crippen LogP contribution in [0, 0.1) is 11.3 Å². The van der Waals surface area contributed by atoms with Crippen molar-refractivity contribution in [2.45, 2.75) is 42.5 Å². The van der Waals surface area contributed by atoms with Gasteiger partial charge >= 0.3 is 0 Å². The summed E-state index contributed by atoms with van der Waals surface area (Å²) in [6.45, 7) is 0. The molecule has 0 unspecified atom stereocenters. The van der Waals surface area contributed by atoms with E-state index in [9.17, 15) is 10.1 Å². The van der Waals surface area contributed by atoms with Crippen molar-refractivity contribution < 1.29 is 4.79 Å². The van der Waals surface area contributed by atoms with E-state index in [2.05, 4.69) is 32.0 Å². The summed E-state index contributed by atoms with van der Waals surface area (Å²) >= 11 is 2.79. The largest absolute Gasteiger partial charge is 0.357 e. The Kier molecular flexibility index (Phi) is 6.61. The number of thioether (sulfide) groups is 1. The molecule has 0 radical (unpaired) electrons. The topological polar surface area (TPSA) is 109 Å². The Balaban J connectivity index is 1.36. The normalized spacial score (nSPS) is 14.2. The molecule has 1 aliphatic rings. The minimum absolute atomic E-state index is 0.170. The number of benzene rings is 1. The van der Waals surface area contributed by atoms with E-state index in [-0.39, 0.29) is 11.7 Å². The third-order valence-corrected chi connectivity index (χ3v) is 6.80. The Bertz CT molecular complexity index is 1040. The number of carbonyl (C=O) groups excluding carboxylic acids is 1. The summed E-state index contributed by atoms with van der Waals surface area (Å²) in [6.07, 6.45) is 7.59. The number of hydrogen-bond donors (Lipinski definition) is 2. The highest BCUT2D eigenvalue weighted by molar-refractivity contribution is 8.01. The van der Waals surface area contributed by atoms with Gasteiger partial charge in [0.25, 0.3) is 0 Å². The number of para-hydroxylation sites is 1. The van der Waals surface area contributed by atoms with Crippen molar-refractivity contribution in [3.8, 4) is 11.8 Å². The zero-order valence-electron chi connectivity index (χ0n) is 16.2. The molecule has 0 atom stereocenters. The summed E-state index contributed by atoms with van der Waals surface area (Å²) in [5.74, 6) is 0.306. The maximum Gasteiger partial charge on any atom is 0.236 e. The smallest absolute Gasteiger partial charge is 0.236 e. The highest BCUT2D eigenvalue weighted by Gasteiger charge is 2.17. The first-order valence-electron chi connectivity index (χ1n) is 9.79. The molecule has 2 aromatic heterocycles. The number of nitrogens with zero attached hydrogens (tertiary/aromatic N) is 5. The first-order valence-corrected chi connectivity index (χ1v) is 11.6. The second-order valence-corrected chi connectivity index (χ2v) is 9.16. The van der Waals surface area contributed by atoms with Crippen molar-refractivity contribution in [3.63, 3.8) is 0 Å². The van der Waals surface area contributed by atoms with E-state index in [0.29, 0.717) is 17.4 Å². The summed E-state index contributed by atoms with van der Waals surface area (Å²) in [4.78, 5) is 12.5. The average Bonchev–Trinajstić information content (AvgIpc) is 3.40. The van der Waals surface area contributed by atoms with Gasteiger partial charge in [0.15, 0.2) is 10.2 Å². The molecule has 3 aromatic rings. The van der Waals surface area contributed by atoms with Gasteiger partial charge in [-0.2, -0.15) is 10.4 Å². The van der Waals surface area contributed by atoms with Crippen molar-refractivity contribution in [2.75, 3.05) is 16.4 Å². The van der Waals surface area contributed by atoms with Gasteiger partial charge in [-0.05, 0) is 25.0 Å². The van der Waals surface area contributed by atoms with Crippen molar-refractivity contribution in [3.05, 3.63) is 42.1 Å². The van der Waals surface area contributed by atoms with Crippen LogP contribution in [0.4, 0.5) is 10.9 Å². The van der Waals surface area contributed by atoms with E-state index in [1.807, 2.05) is 30.3 Å². The molecule has 0 spiro atoms. The molecule has 0 bridgehead atoms. The number of aromatic nitrogens is 4. The molecule has 154 valence electrons. The van der Waals surface area contributed by atoms with E-state index < -0.39 is 0 Å². The molecule has 0 aliphatic heterocycles. The SMILES string of the molecule is N#Cc1cnn(-c2ccccc2)c1NC(=O)CSc1nnc(NC2CCCCC2)s1. The number of nitriles is 1. The Labute approximate surface area is 182 Å². The van der Waals surface area contributed by atoms with Crippen molar-refractivity contribution >= 4 is 40.0 Å². The summed E-state index contributed by atoms with van der Waals surface area (Å²) < 4.78 is 2.29. The molecular formula is C20H21N7OS2. The lowest BCUT2D eigenvalue weighted by atomic mass is 9.96. The standard InChI is InChI=1S/C20H21N7OS2/c21-11-14-12-22-27(16-9-5-2-6-10-16)18(14)24-17(28)13-29-20-26-25-19(30-20)23-15-7-3-1-4-8-15/h2,5-6,9-10,12,15H,1,3-4,7-8,13H2,(H,23,25)(H,24,28). The second kappa shape index (κ2) is 9.73. The molecule has 0 saturated heterocycles. The maximum absolute atomic E-state index is 12.5. The second-order valence-electron chi connectivity index (χ2n) is 6.96. The maximum atomic E-state index is 12.5. The van der Waals surface area contributed by atoms with Gasteiger partial charge in [-0.3, -0.25) is 4.79 Å². The molecule has 1 aromatic carbocycles. The van der Waals surface area contributed by atoms with E-state index >= 15 is 0 Å². The van der Waals surface area contributed by atoms with E-state index in [1.165, 1.54) is 61.4 Å². The summed E-state index contributed by atoms with van der Waals surface area (Å²) in [5.41, 5.74) is 1.08. The van der Waals surface area contributed by atoms with Crippen LogP contribution in [-0.2, 0) is 4.79 Å². The monoisotopic (exact) mass is 439 g/mol. The molecule has 1 saturated carbocycles. The van der Waals surface area contributed by atoms with Gasteiger partial charge in [-0.25, -0.2) is 4.68 Å². The van der Waals surface area contributed by atoms with Crippen LogP contribution in [0.25, 0.3) is 5.69 Å². The Morgan fingerprint density at radius 1 is 1.23 bits per heavy atom. The van der Waals surface area contributed by atoms with E-state index in [4.69, 9.17) is 0 Å². The van der Waals surface area contributed by atoms with Crippen LogP contribution in [0.1, 0.15) is 37.7 Å². The number of rotatable bonds is 7. The van der Waals surface area contributed by atoms with Crippen LogP contribution >= 0.6 is 23.1 Å². The van der Waals surface area contributed by atoms with Crippen LogP contribution in [0.3, 0.4) is 0 Å². The van der Waals surface area contributed by atoms with E-state index in [0.717, 1.165) is 15.2 Å². The molecule has 8 nitrogen and oxygen atoms in total. The molecule has 2 heterocycles. The molecule has 2 N–H and O–H groups in total. The number of hydrogen-bond acceptors (Lipinski definition) is 8. The van der Waals surface area contributed by atoms with Crippen LogP contribution in [-0.4, -0.2) is 37.7 Å². The molecular weight excluding hydrogens is 418 g/mol. The van der Waals surface area contributed by atoms with Gasteiger partial charge in [0.1, 0.15) is 11.6 Å². The molecule has 30 heavy (non-hydrogen) atoms. The highest BCUT2D eigenvalue weighted by Crippen LogP contribution is 2.28. The van der Waals surface area contributed by atoms with E-state index in [1.54, 1.807) is 4.68 Å². The average molecular weight is 440 g/mol. The van der Waals surface area contributed by atoms with Gasteiger partial charge < -0.3 is 10.6 Å². The fourth-order valence-corrected chi connectivity index (χ4v) is 4.99. The predicted octanol–water partition coefficient (Wildman–Crippen LogP) is 4.07. The Morgan fingerprint density at radius 3 is 2.80 bits per heavy atom. The highest BCUT2D eigenvalue weighted by atomic mass is 32.2. The van der Waals surface area contributed by atoms with Crippen LogP contribution in [0.2, 0.25) is 0 Å². The van der Waals surface area contributed by atoms with Crippen LogP contribution in [0.5, 0.6) is 0 Å². The summed E-state index contributed by atoms with van der Waals surface area (Å²) in [5, 5.41) is 29.0. The minimum atomic E-state index is -0.230. The van der Waals surface area contributed by atoms with Gasteiger partial charge in [0.05, 0.1) is 17.6 Å². The first-order chi connectivity index (χ1) is 14.7. The van der Waals surface area contributed by atoms with Crippen LogP contribution in [0.15, 0.2) is 40.9 Å². The van der Waals surface area contributed by atoms with Crippen molar-refractivity contribution in [2.24, 2.45) is 0 Å². The molecule has 1 amide bonds. The number of nitrogens with one attached hydrogen (secondary N) is 2. The predicted molar refractivity (Wildman–Crippen MR) is 118 cm³/mol. The lowest BCUT2D eigenvalue weighted by Gasteiger charge is -2.21. The van der Waals surface area contributed by atoms with Crippen molar-refractivity contribution in [1.82, 2.24) is 20.0 Å². The fourth-order valence-electron chi connectivity index (χ4n) is 3.36. The molecule has 10 heteroatoms. The third kappa shape index (κ3) is 4.98. The zero-order chi connectivity index (χ0) is 20.8. The minimum Gasteiger partial charge on any atom is -0.357 e. The lowest BCUT2D eigenvalue weighted by molar-refractivity contribution is -0.113. The molecule has 1 fully saturated rings. The molecule has 1 aliphatic carbocycles. The third-order valence-electron chi connectivity index (χ3n) is 4.81. The first kappa shape index (κ1) is 20.4. The van der Waals surface area contributed by atoms with Crippen LogP contribution < -0.4 is 10.6 Å². The lowest BCUT2D eigenvalue weighted by Crippen LogP contribution is -2.21. The van der Waals surface area contributed by atoms with Crippen molar-refractivity contribution in [1.29, 1.82) is 5.26 Å². The van der Waals surface area contributed by atoms with Gasteiger partial charge in [-0.1, -0.05) is 60.6 Å². The van der Waals surface area contributed by atoms with Gasteiger partial charge in [0, 0.05) is 6.04 Å². The zero-order valence-corrected chi connectivity index (χ0v) is 17.9. The van der Waals surface area contributed by atoms with Gasteiger partial charge in [0.2, 0.25) is 11.0 Å².